The van der Waals surface area contributed by atoms with E-state index in [9.17, 15) is 13.2 Å². The zero-order valence-corrected chi connectivity index (χ0v) is 21.6. The van der Waals surface area contributed by atoms with Gasteiger partial charge in [-0.05, 0) is 84.1 Å². The summed E-state index contributed by atoms with van der Waals surface area (Å²) < 4.78 is 26.2. The van der Waals surface area contributed by atoms with Crippen LogP contribution in [0, 0.1) is 6.92 Å². The Morgan fingerprint density at radius 2 is 1.50 bits per heavy atom. The molecule has 0 aliphatic rings. The Balaban J connectivity index is 1.42. The van der Waals surface area contributed by atoms with Gasteiger partial charge in [0, 0.05) is 28.7 Å². The van der Waals surface area contributed by atoms with Gasteiger partial charge in [0.25, 0.3) is 5.91 Å². The van der Waals surface area contributed by atoms with Gasteiger partial charge in [0.1, 0.15) is 0 Å². The van der Waals surface area contributed by atoms with Gasteiger partial charge in [-0.25, -0.2) is 8.42 Å². The quantitative estimate of drug-likeness (QED) is 0.316. The number of hydrogen-bond acceptors (Lipinski definition) is 4. The van der Waals surface area contributed by atoms with Crippen LogP contribution in [0.5, 0.6) is 0 Å². The Bertz CT molecular complexity index is 1460. The number of rotatable bonds is 8. The Labute approximate surface area is 216 Å². The minimum Gasteiger partial charge on any atom is -0.322 e. The highest BCUT2D eigenvalue weighted by molar-refractivity contribution is 7.92. The normalized spacial score (nSPS) is 11.2. The Hall–Kier alpha value is -3.68. The van der Waals surface area contributed by atoms with Gasteiger partial charge in [-0.2, -0.15) is 0 Å². The van der Waals surface area contributed by atoms with Crippen LogP contribution in [-0.4, -0.2) is 25.6 Å². The maximum atomic E-state index is 12.7. The standard InChI is InChI=1S/C28H26ClN3O3S/c1-20-3-12-26(18-27(20)29)32(36(2,34)35)19-23-4-8-24(9-5-23)28(33)31-25-10-6-21(7-11-25)17-22-13-15-30-16-14-22/h3-16,18H,17,19H2,1-2H3,(H,31,33). The van der Waals surface area contributed by atoms with E-state index in [2.05, 4.69) is 10.3 Å². The minimum absolute atomic E-state index is 0.124. The van der Waals surface area contributed by atoms with Crippen molar-refractivity contribution < 1.29 is 13.2 Å². The van der Waals surface area contributed by atoms with Crippen LogP contribution < -0.4 is 9.62 Å². The summed E-state index contributed by atoms with van der Waals surface area (Å²) in [5.41, 5.74) is 5.57. The second-order valence-electron chi connectivity index (χ2n) is 8.58. The fourth-order valence-corrected chi connectivity index (χ4v) is 4.76. The number of nitrogens with zero attached hydrogens (tertiary/aromatic N) is 2. The van der Waals surface area contributed by atoms with E-state index in [0.29, 0.717) is 22.0 Å². The molecule has 0 atom stereocenters. The summed E-state index contributed by atoms with van der Waals surface area (Å²) in [6, 6.07) is 23.7. The highest BCUT2D eigenvalue weighted by atomic mass is 35.5. The third kappa shape index (κ3) is 6.50. The number of carbonyl (C=O) groups is 1. The molecule has 0 saturated carbocycles. The molecule has 1 aromatic heterocycles. The molecule has 184 valence electrons. The van der Waals surface area contributed by atoms with E-state index in [1.807, 2.05) is 43.3 Å². The molecule has 0 aliphatic heterocycles. The van der Waals surface area contributed by atoms with Crippen molar-refractivity contribution in [3.8, 4) is 0 Å². The van der Waals surface area contributed by atoms with Crippen LogP contribution in [0.4, 0.5) is 11.4 Å². The first kappa shape index (κ1) is 25.4. The van der Waals surface area contributed by atoms with E-state index in [-0.39, 0.29) is 12.5 Å². The SMILES string of the molecule is Cc1ccc(N(Cc2ccc(C(=O)Nc3ccc(Cc4ccncc4)cc3)cc2)S(C)(=O)=O)cc1Cl. The van der Waals surface area contributed by atoms with E-state index in [1.54, 1.807) is 54.9 Å². The van der Waals surface area contributed by atoms with Crippen LogP contribution in [0.15, 0.2) is 91.3 Å². The molecule has 0 unspecified atom stereocenters. The van der Waals surface area contributed by atoms with Gasteiger partial charge in [-0.3, -0.25) is 14.1 Å². The van der Waals surface area contributed by atoms with Crippen molar-refractivity contribution in [1.29, 1.82) is 0 Å². The van der Waals surface area contributed by atoms with Gasteiger partial charge in [-0.1, -0.05) is 41.9 Å². The first-order chi connectivity index (χ1) is 17.2. The number of halogens is 1. The summed E-state index contributed by atoms with van der Waals surface area (Å²) in [7, 11) is -3.54. The summed E-state index contributed by atoms with van der Waals surface area (Å²) in [6.07, 6.45) is 5.49. The first-order valence-corrected chi connectivity index (χ1v) is 13.5. The molecule has 1 N–H and O–H groups in total. The van der Waals surface area contributed by atoms with Crippen molar-refractivity contribution in [1.82, 2.24) is 4.98 Å². The third-order valence-electron chi connectivity index (χ3n) is 5.76. The van der Waals surface area contributed by atoms with Gasteiger partial charge in [-0.15, -0.1) is 0 Å². The van der Waals surface area contributed by atoms with Crippen molar-refractivity contribution in [3.63, 3.8) is 0 Å². The maximum absolute atomic E-state index is 12.7. The van der Waals surface area contributed by atoms with Crippen molar-refractivity contribution in [3.05, 3.63) is 124 Å². The number of amides is 1. The van der Waals surface area contributed by atoms with Crippen LogP contribution in [0.1, 0.15) is 32.6 Å². The monoisotopic (exact) mass is 519 g/mol. The van der Waals surface area contributed by atoms with E-state index in [1.165, 1.54) is 9.87 Å². The summed E-state index contributed by atoms with van der Waals surface area (Å²) in [4.78, 5) is 16.8. The predicted octanol–water partition coefficient (Wildman–Crippen LogP) is 5.85. The van der Waals surface area contributed by atoms with Crippen LogP contribution in [0.3, 0.4) is 0 Å². The number of sulfonamides is 1. The lowest BCUT2D eigenvalue weighted by molar-refractivity contribution is 0.102. The van der Waals surface area contributed by atoms with Crippen LogP contribution >= 0.6 is 11.6 Å². The van der Waals surface area contributed by atoms with E-state index in [0.717, 1.165) is 29.4 Å². The number of benzene rings is 3. The van der Waals surface area contributed by atoms with Crippen LogP contribution in [-0.2, 0) is 23.0 Å². The lowest BCUT2D eigenvalue weighted by Gasteiger charge is -2.23. The molecule has 0 fully saturated rings. The number of carbonyl (C=O) groups excluding carboxylic acids is 1. The van der Waals surface area contributed by atoms with Crippen LogP contribution in [0.25, 0.3) is 0 Å². The molecule has 4 aromatic rings. The van der Waals surface area contributed by atoms with Gasteiger partial charge >= 0.3 is 0 Å². The number of aromatic nitrogens is 1. The van der Waals surface area contributed by atoms with Crippen molar-refractivity contribution >= 4 is 38.9 Å². The molecule has 8 heteroatoms. The average Bonchev–Trinajstić information content (AvgIpc) is 2.86. The zero-order valence-electron chi connectivity index (χ0n) is 20.0. The van der Waals surface area contributed by atoms with E-state index < -0.39 is 10.0 Å². The largest absolute Gasteiger partial charge is 0.322 e. The molecule has 0 bridgehead atoms. The molecule has 1 heterocycles. The highest BCUT2D eigenvalue weighted by Gasteiger charge is 2.19. The molecule has 0 spiro atoms. The summed E-state index contributed by atoms with van der Waals surface area (Å²) in [6.45, 7) is 1.98. The van der Waals surface area contributed by atoms with Gasteiger partial charge in [0.15, 0.2) is 0 Å². The second-order valence-corrected chi connectivity index (χ2v) is 10.9. The van der Waals surface area contributed by atoms with Gasteiger partial charge in [0.2, 0.25) is 10.0 Å². The number of hydrogen-bond donors (Lipinski definition) is 1. The molecule has 6 nitrogen and oxygen atoms in total. The average molecular weight is 520 g/mol. The molecule has 3 aromatic carbocycles. The van der Waals surface area contributed by atoms with Gasteiger partial charge in [0.05, 0.1) is 18.5 Å². The molecule has 0 radical (unpaired) electrons. The first-order valence-electron chi connectivity index (χ1n) is 11.3. The summed E-state index contributed by atoms with van der Waals surface area (Å²) in [5, 5.41) is 3.40. The fourth-order valence-electron chi connectivity index (χ4n) is 3.71. The summed E-state index contributed by atoms with van der Waals surface area (Å²) in [5.74, 6) is -0.242. The molecule has 4 rings (SSSR count). The van der Waals surface area contributed by atoms with Crippen LogP contribution in [0.2, 0.25) is 5.02 Å². The van der Waals surface area contributed by atoms with E-state index >= 15 is 0 Å². The van der Waals surface area contributed by atoms with Crippen molar-refractivity contribution in [2.45, 2.75) is 19.9 Å². The van der Waals surface area contributed by atoms with E-state index in [4.69, 9.17) is 11.6 Å². The van der Waals surface area contributed by atoms with Crippen molar-refractivity contribution in [2.24, 2.45) is 0 Å². The number of anilines is 2. The molecule has 0 saturated heterocycles. The molecule has 0 aliphatic carbocycles. The third-order valence-corrected chi connectivity index (χ3v) is 7.30. The molecular weight excluding hydrogens is 494 g/mol. The van der Waals surface area contributed by atoms with Crippen molar-refractivity contribution in [2.75, 3.05) is 15.9 Å². The fraction of sp³-hybridized carbons (Fsp3) is 0.143. The lowest BCUT2D eigenvalue weighted by Crippen LogP contribution is -2.29. The zero-order chi connectivity index (χ0) is 25.7. The Morgan fingerprint density at radius 1 is 0.889 bits per heavy atom. The number of pyridine rings is 1. The lowest BCUT2D eigenvalue weighted by atomic mass is 10.1. The minimum atomic E-state index is -3.54. The molecule has 1 amide bonds. The predicted molar refractivity (Wildman–Crippen MR) is 145 cm³/mol. The number of aryl methyl sites for hydroxylation is 1. The number of nitrogens with one attached hydrogen (secondary N) is 1. The Morgan fingerprint density at radius 3 is 2.11 bits per heavy atom. The molecular formula is C28H26ClN3O3S. The smallest absolute Gasteiger partial charge is 0.255 e. The van der Waals surface area contributed by atoms with Gasteiger partial charge < -0.3 is 5.32 Å². The maximum Gasteiger partial charge on any atom is 0.255 e. The second kappa shape index (κ2) is 10.9. The highest BCUT2D eigenvalue weighted by Crippen LogP contribution is 2.26. The summed E-state index contributed by atoms with van der Waals surface area (Å²) >= 11 is 6.21. The molecule has 36 heavy (non-hydrogen) atoms. The Kier molecular flexibility index (Phi) is 7.72. The topological polar surface area (TPSA) is 79.4 Å².